The number of ether oxygens (including phenoxy) is 1. The first-order chi connectivity index (χ1) is 7.76. The molecule has 1 spiro atoms. The summed E-state index contributed by atoms with van der Waals surface area (Å²) in [4.78, 5) is 0. The van der Waals surface area contributed by atoms with Crippen LogP contribution in [0.5, 0.6) is 0 Å². The number of hydrogen-bond donors (Lipinski definition) is 0. The summed E-state index contributed by atoms with van der Waals surface area (Å²) in [5.41, 5.74) is 0.245. The highest BCUT2D eigenvalue weighted by molar-refractivity contribution is 9.10. The molecule has 2 fully saturated rings. The zero-order chi connectivity index (χ0) is 11.0. The van der Waals surface area contributed by atoms with Gasteiger partial charge in [-0.15, -0.1) is 0 Å². The first kappa shape index (κ1) is 10.8. The van der Waals surface area contributed by atoms with Crippen molar-refractivity contribution >= 4 is 15.9 Å². The maximum absolute atomic E-state index is 6.25. The molecule has 0 bridgehead atoms. The molecule has 0 N–H and O–H groups in total. The van der Waals surface area contributed by atoms with Crippen LogP contribution in [0.3, 0.4) is 0 Å². The van der Waals surface area contributed by atoms with Gasteiger partial charge in [-0.2, -0.15) is 5.10 Å². The summed E-state index contributed by atoms with van der Waals surface area (Å²) in [5.74, 6) is 0. The van der Waals surface area contributed by atoms with Gasteiger partial charge in [0.2, 0.25) is 0 Å². The Morgan fingerprint density at radius 3 is 2.94 bits per heavy atom. The minimum atomic E-state index is 0.245. The molecule has 0 radical (unpaired) electrons. The Bertz CT molecular complexity index is 371. The van der Waals surface area contributed by atoms with E-state index in [-0.39, 0.29) is 5.60 Å². The van der Waals surface area contributed by atoms with Crippen molar-refractivity contribution in [2.75, 3.05) is 0 Å². The lowest BCUT2D eigenvalue weighted by Crippen LogP contribution is -2.26. The van der Waals surface area contributed by atoms with Crippen LogP contribution in [0.4, 0.5) is 0 Å². The van der Waals surface area contributed by atoms with E-state index in [4.69, 9.17) is 4.74 Å². The minimum absolute atomic E-state index is 0.245. The quantitative estimate of drug-likeness (QED) is 0.834. The second kappa shape index (κ2) is 4.15. The van der Waals surface area contributed by atoms with Gasteiger partial charge in [0.1, 0.15) is 0 Å². The Labute approximate surface area is 104 Å². The number of aromatic nitrogens is 2. The molecule has 0 amide bonds. The van der Waals surface area contributed by atoms with Gasteiger partial charge in [0, 0.05) is 6.20 Å². The highest BCUT2D eigenvalue weighted by atomic mass is 79.9. The Morgan fingerprint density at radius 1 is 1.44 bits per heavy atom. The molecule has 1 aromatic heterocycles. The first-order valence-electron chi connectivity index (χ1n) is 6.12. The van der Waals surface area contributed by atoms with Gasteiger partial charge in [-0.3, -0.25) is 4.68 Å². The molecular formula is C12H17BrN2O. The van der Waals surface area contributed by atoms with E-state index in [9.17, 15) is 0 Å². The Kier molecular flexibility index (Phi) is 2.80. The van der Waals surface area contributed by atoms with E-state index in [0.29, 0.717) is 6.10 Å². The average molecular weight is 285 g/mol. The van der Waals surface area contributed by atoms with Crippen molar-refractivity contribution in [3.63, 3.8) is 0 Å². The topological polar surface area (TPSA) is 27.1 Å². The molecule has 1 aromatic rings. The standard InChI is InChI=1S/C12H17BrN2O/c13-10-7-14-15(8-10)9-11-3-6-12(16-11)4-1-2-5-12/h7-8,11H,1-6,9H2. The van der Waals surface area contributed by atoms with Crippen LogP contribution in [-0.2, 0) is 11.3 Å². The fourth-order valence-corrected chi connectivity index (χ4v) is 3.39. The molecule has 1 unspecified atom stereocenters. The third kappa shape index (κ3) is 2.05. The van der Waals surface area contributed by atoms with Crippen LogP contribution in [-0.4, -0.2) is 21.5 Å². The molecule has 1 aliphatic carbocycles. The van der Waals surface area contributed by atoms with Crippen molar-refractivity contribution in [3.05, 3.63) is 16.9 Å². The van der Waals surface area contributed by atoms with E-state index >= 15 is 0 Å². The molecule has 3 rings (SSSR count). The normalized spacial score (nSPS) is 27.9. The molecular weight excluding hydrogens is 268 g/mol. The summed E-state index contributed by atoms with van der Waals surface area (Å²) >= 11 is 3.42. The van der Waals surface area contributed by atoms with Crippen molar-refractivity contribution < 1.29 is 4.74 Å². The molecule has 88 valence electrons. The summed E-state index contributed by atoms with van der Waals surface area (Å²) < 4.78 is 9.26. The van der Waals surface area contributed by atoms with Gasteiger partial charge in [-0.05, 0) is 41.6 Å². The van der Waals surface area contributed by atoms with Crippen LogP contribution < -0.4 is 0 Å². The fraction of sp³-hybridized carbons (Fsp3) is 0.750. The fourth-order valence-electron chi connectivity index (χ4n) is 3.06. The van der Waals surface area contributed by atoms with Gasteiger partial charge in [-0.1, -0.05) is 12.8 Å². The van der Waals surface area contributed by atoms with E-state index in [1.807, 2.05) is 17.1 Å². The third-order valence-electron chi connectivity index (χ3n) is 3.85. The number of nitrogens with zero attached hydrogens (tertiary/aromatic N) is 2. The van der Waals surface area contributed by atoms with Gasteiger partial charge >= 0.3 is 0 Å². The summed E-state index contributed by atoms with van der Waals surface area (Å²) in [5, 5.41) is 4.28. The zero-order valence-electron chi connectivity index (χ0n) is 9.36. The van der Waals surface area contributed by atoms with Crippen molar-refractivity contribution in [1.29, 1.82) is 0 Å². The SMILES string of the molecule is Brc1cnn(CC2CCC3(CCCC3)O2)c1. The minimum Gasteiger partial charge on any atom is -0.370 e. The predicted octanol–water partition coefficient (Wildman–Crippen LogP) is 3.14. The number of rotatable bonds is 2. The summed E-state index contributed by atoms with van der Waals surface area (Å²) in [6.07, 6.45) is 11.9. The van der Waals surface area contributed by atoms with Gasteiger partial charge in [0.05, 0.1) is 28.9 Å². The maximum atomic E-state index is 6.25. The van der Waals surface area contributed by atoms with Crippen LogP contribution in [0, 0.1) is 0 Å². The molecule has 2 aliphatic rings. The second-order valence-corrected chi connectivity index (χ2v) is 5.96. The van der Waals surface area contributed by atoms with Gasteiger partial charge in [0.15, 0.2) is 0 Å². The first-order valence-corrected chi connectivity index (χ1v) is 6.91. The van der Waals surface area contributed by atoms with Crippen LogP contribution >= 0.6 is 15.9 Å². The lowest BCUT2D eigenvalue weighted by atomic mass is 9.98. The van der Waals surface area contributed by atoms with Gasteiger partial charge < -0.3 is 4.74 Å². The molecule has 2 heterocycles. The highest BCUT2D eigenvalue weighted by Gasteiger charge is 2.42. The smallest absolute Gasteiger partial charge is 0.0779 e. The maximum Gasteiger partial charge on any atom is 0.0779 e. The van der Waals surface area contributed by atoms with Crippen molar-refractivity contribution in [2.24, 2.45) is 0 Å². The van der Waals surface area contributed by atoms with E-state index < -0.39 is 0 Å². The van der Waals surface area contributed by atoms with Gasteiger partial charge in [0.25, 0.3) is 0 Å². The Balaban J connectivity index is 1.61. The van der Waals surface area contributed by atoms with E-state index in [1.54, 1.807) is 0 Å². The van der Waals surface area contributed by atoms with Crippen LogP contribution in [0.25, 0.3) is 0 Å². The molecule has 1 saturated heterocycles. The monoisotopic (exact) mass is 284 g/mol. The lowest BCUT2D eigenvalue weighted by molar-refractivity contribution is -0.0429. The van der Waals surface area contributed by atoms with Crippen LogP contribution in [0.2, 0.25) is 0 Å². The number of halogens is 1. The molecule has 4 heteroatoms. The molecule has 3 nitrogen and oxygen atoms in total. The highest BCUT2D eigenvalue weighted by Crippen LogP contribution is 2.43. The van der Waals surface area contributed by atoms with Gasteiger partial charge in [-0.25, -0.2) is 0 Å². The molecule has 1 saturated carbocycles. The predicted molar refractivity (Wildman–Crippen MR) is 65.2 cm³/mol. The zero-order valence-corrected chi connectivity index (χ0v) is 10.9. The Hall–Kier alpha value is -0.350. The summed E-state index contributed by atoms with van der Waals surface area (Å²) in [6.45, 7) is 0.896. The molecule has 1 aliphatic heterocycles. The summed E-state index contributed by atoms with van der Waals surface area (Å²) in [6, 6.07) is 0. The van der Waals surface area contributed by atoms with E-state index in [0.717, 1.165) is 11.0 Å². The second-order valence-electron chi connectivity index (χ2n) is 5.05. The van der Waals surface area contributed by atoms with Crippen LogP contribution in [0.1, 0.15) is 38.5 Å². The molecule has 0 aromatic carbocycles. The van der Waals surface area contributed by atoms with Crippen molar-refractivity contribution in [2.45, 2.75) is 56.8 Å². The van der Waals surface area contributed by atoms with Crippen molar-refractivity contribution in [1.82, 2.24) is 9.78 Å². The number of hydrogen-bond acceptors (Lipinski definition) is 2. The van der Waals surface area contributed by atoms with E-state index in [1.165, 1.54) is 38.5 Å². The summed E-state index contributed by atoms with van der Waals surface area (Å²) in [7, 11) is 0. The largest absolute Gasteiger partial charge is 0.370 e. The van der Waals surface area contributed by atoms with E-state index in [2.05, 4.69) is 21.0 Å². The molecule has 1 atom stereocenters. The average Bonchev–Trinajstić information content (AvgIpc) is 2.94. The van der Waals surface area contributed by atoms with Crippen LogP contribution in [0.15, 0.2) is 16.9 Å². The third-order valence-corrected chi connectivity index (χ3v) is 4.26. The Morgan fingerprint density at radius 2 is 2.25 bits per heavy atom. The van der Waals surface area contributed by atoms with Crippen molar-refractivity contribution in [3.8, 4) is 0 Å². The molecule has 16 heavy (non-hydrogen) atoms. The lowest BCUT2D eigenvalue weighted by Gasteiger charge is -2.23.